The molecule has 5 nitrogen and oxygen atoms in total. The summed E-state index contributed by atoms with van der Waals surface area (Å²) in [5.74, 6) is -0.391. The van der Waals surface area contributed by atoms with Gasteiger partial charge in [-0.3, -0.25) is 4.79 Å². The zero-order valence-electron chi connectivity index (χ0n) is 14.2. The predicted octanol–water partition coefficient (Wildman–Crippen LogP) is 3.60. The molecule has 0 heterocycles. The number of sulfonamides is 1. The highest BCUT2D eigenvalue weighted by Crippen LogP contribution is 2.24. The van der Waals surface area contributed by atoms with Gasteiger partial charge in [-0.05, 0) is 30.3 Å². The number of carbonyl (C=O) groups is 1. The van der Waals surface area contributed by atoms with Crippen molar-refractivity contribution in [3.63, 3.8) is 0 Å². The molecule has 0 atom stereocenters. The SMILES string of the molecule is CN(C)S(=O)(=O)c1cccc(NC(=O)CSCc2c(F)cccc2Cl)c1. The van der Waals surface area contributed by atoms with Crippen LogP contribution in [0.25, 0.3) is 0 Å². The van der Waals surface area contributed by atoms with E-state index in [1.807, 2.05) is 0 Å². The van der Waals surface area contributed by atoms with Gasteiger partial charge in [-0.25, -0.2) is 17.1 Å². The molecule has 1 amide bonds. The topological polar surface area (TPSA) is 66.5 Å². The molecule has 2 rings (SSSR count). The van der Waals surface area contributed by atoms with Crippen LogP contribution in [-0.2, 0) is 20.6 Å². The zero-order valence-corrected chi connectivity index (χ0v) is 16.6. The van der Waals surface area contributed by atoms with Gasteiger partial charge in [0.1, 0.15) is 5.82 Å². The van der Waals surface area contributed by atoms with E-state index in [2.05, 4.69) is 5.32 Å². The van der Waals surface area contributed by atoms with Gasteiger partial charge in [0, 0.05) is 36.1 Å². The average Bonchev–Trinajstić information content (AvgIpc) is 2.57. The number of hydrogen-bond acceptors (Lipinski definition) is 4. The molecule has 0 radical (unpaired) electrons. The lowest BCUT2D eigenvalue weighted by Crippen LogP contribution is -2.22. The minimum absolute atomic E-state index is 0.0787. The number of halogens is 2. The minimum Gasteiger partial charge on any atom is -0.325 e. The lowest BCUT2D eigenvalue weighted by Gasteiger charge is -2.12. The standard InChI is InChI=1S/C17H18ClFN2O3S2/c1-21(2)26(23,24)13-6-3-5-12(9-13)20-17(22)11-25-10-14-15(18)7-4-8-16(14)19/h3-9H,10-11H2,1-2H3,(H,20,22). The first-order chi connectivity index (χ1) is 12.2. The van der Waals surface area contributed by atoms with Crippen molar-refractivity contribution in [3.8, 4) is 0 Å². The van der Waals surface area contributed by atoms with E-state index in [0.717, 1.165) is 4.31 Å². The Hall–Kier alpha value is -1.61. The second-order valence-corrected chi connectivity index (χ2v) is 9.10. The number of anilines is 1. The molecule has 140 valence electrons. The fourth-order valence-corrected chi connectivity index (χ4v) is 4.17. The monoisotopic (exact) mass is 416 g/mol. The van der Waals surface area contributed by atoms with Crippen LogP contribution < -0.4 is 5.32 Å². The molecule has 0 fully saturated rings. The highest BCUT2D eigenvalue weighted by atomic mass is 35.5. The maximum atomic E-state index is 13.7. The van der Waals surface area contributed by atoms with Gasteiger partial charge in [-0.1, -0.05) is 23.7 Å². The van der Waals surface area contributed by atoms with E-state index in [0.29, 0.717) is 16.3 Å². The summed E-state index contributed by atoms with van der Waals surface area (Å²) in [6.07, 6.45) is 0. The first-order valence-electron chi connectivity index (χ1n) is 7.55. The number of thioether (sulfide) groups is 1. The second kappa shape index (κ2) is 8.85. The molecule has 0 aliphatic carbocycles. The van der Waals surface area contributed by atoms with Gasteiger partial charge in [0.25, 0.3) is 0 Å². The summed E-state index contributed by atoms with van der Waals surface area (Å²) in [6, 6.07) is 10.4. The molecule has 2 aromatic carbocycles. The number of amides is 1. The molecule has 0 saturated heterocycles. The summed E-state index contributed by atoms with van der Waals surface area (Å²) < 4.78 is 39.0. The van der Waals surface area contributed by atoms with Crippen molar-refractivity contribution in [2.24, 2.45) is 0 Å². The molecule has 0 aromatic heterocycles. The number of benzene rings is 2. The van der Waals surface area contributed by atoms with Crippen LogP contribution in [-0.4, -0.2) is 38.5 Å². The molecule has 2 aromatic rings. The van der Waals surface area contributed by atoms with Crippen LogP contribution >= 0.6 is 23.4 Å². The van der Waals surface area contributed by atoms with Crippen molar-refractivity contribution in [2.45, 2.75) is 10.6 Å². The molecule has 9 heteroatoms. The van der Waals surface area contributed by atoms with Crippen molar-refractivity contribution in [2.75, 3.05) is 25.2 Å². The molecule has 0 saturated carbocycles. The summed E-state index contributed by atoms with van der Waals surface area (Å²) in [7, 11) is -0.706. The third-order valence-electron chi connectivity index (χ3n) is 3.44. The number of hydrogen-bond donors (Lipinski definition) is 1. The van der Waals surface area contributed by atoms with Crippen molar-refractivity contribution in [1.29, 1.82) is 0 Å². The van der Waals surface area contributed by atoms with E-state index in [9.17, 15) is 17.6 Å². The normalized spacial score (nSPS) is 11.6. The van der Waals surface area contributed by atoms with Crippen LogP contribution in [0.5, 0.6) is 0 Å². The third kappa shape index (κ3) is 5.20. The molecule has 0 aliphatic heterocycles. The van der Waals surface area contributed by atoms with Gasteiger partial charge >= 0.3 is 0 Å². The lowest BCUT2D eigenvalue weighted by molar-refractivity contribution is -0.113. The largest absolute Gasteiger partial charge is 0.325 e. The van der Waals surface area contributed by atoms with E-state index >= 15 is 0 Å². The first-order valence-corrected chi connectivity index (χ1v) is 10.5. The number of nitrogens with zero attached hydrogens (tertiary/aromatic N) is 1. The van der Waals surface area contributed by atoms with Crippen molar-refractivity contribution < 1.29 is 17.6 Å². The quantitative estimate of drug-likeness (QED) is 0.748. The predicted molar refractivity (Wildman–Crippen MR) is 104 cm³/mol. The van der Waals surface area contributed by atoms with E-state index in [4.69, 9.17) is 11.6 Å². The highest BCUT2D eigenvalue weighted by Gasteiger charge is 2.17. The Kier molecular flexibility index (Phi) is 7.05. The molecular weight excluding hydrogens is 399 g/mol. The summed E-state index contributed by atoms with van der Waals surface area (Å²) in [6.45, 7) is 0. The van der Waals surface area contributed by atoms with Crippen LogP contribution in [0.2, 0.25) is 5.02 Å². The van der Waals surface area contributed by atoms with Gasteiger partial charge in [-0.15, -0.1) is 11.8 Å². The Bertz CT molecular complexity index is 884. The fourth-order valence-electron chi connectivity index (χ4n) is 2.06. The molecule has 0 unspecified atom stereocenters. The summed E-state index contributed by atoms with van der Waals surface area (Å²) >= 11 is 7.16. The van der Waals surface area contributed by atoms with Crippen LogP contribution in [0, 0.1) is 5.82 Å². The molecule has 0 spiro atoms. The molecule has 26 heavy (non-hydrogen) atoms. The number of rotatable bonds is 7. The van der Waals surface area contributed by atoms with Gasteiger partial charge in [-0.2, -0.15) is 0 Å². The second-order valence-electron chi connectivity index (χ2n) is 5.56. The lowest BCUT2D eigenvalue weighted by atomic mass is 10.2. The van der Waals surface area contributed by atoms with E-state index < -0.39 is 15.8 Å². The number of carbonyl (C=O) groups excluding carboxylic acids is 1. The average molecular weight is 417 g/mol. The molecule has 0 bridgehead atoms. The molecule has 1 N–H and O–H groups in total. The van der Waals surface area contributed by atoms with Crippen molar-refractivity contribution in [3.05, 3.63) is 58.9 Å². The smallest absolute Gasteiger partial charge is 0.242 e. The van der Waals surface area contributed by atoms with E-state index in [-0.39, 0.29) is 22.3 Å². The van der Waals surface area contributed by atoms with Crippen LogP contribution in [0.4, 0.5) is 10.1 Å². The summed E-state index contributed by atoms with van der Waals surface area (Å²) in [4.78, 5) is 12.1. The van der Waals surface area contributed by atoms with E-state index in [1.165, 1.54) is 50.1 Å². The minimum atomic E-state index is -3.58. The summed E-state index contributed by atoms with van der Waals surface area (Å²) in [5.41, 5.74) is 0.730. The maximum Gasteiger partial charge on any atom is 0.242 e. The van der Waals surface area contributed by atoms with Crippen LogP contribution in [0.3, 0.4) is 0 Å². The first kappa shape index (κ1) is 20.7. The van der Waals surface area contributed by atoms with Crippen molar-refractivity contribution in [1.82, 2.24) is 4.31 Å². The number of nitrogens with one attached hydrogen (secondary N) is 1. The Morgan fingerprint density at radius 1 is 1.23 bits per heavy atom. The molecular formula is C17H18ClFN2O3S2. The van der Waals surface area contributed by atoms with Gasteiger partial charge in [0.15, 0.2) is 0 Å². The fraction of sp³-hybridized carbons (Fsp3) is 0.235. The summed E-state index contributed by atoms with van der Waals surface area (Å²) in [5, 5.41) is 2.96. The van der Waals surface area contributed by atoms with Gasteiger partial charge < -0.3 is 5.32 Å². The Balaban J connectivity index is 1.96. The van der Waals surface area contributed by atoms with Crippen LogP contribution in [0.1, 0.15) is 5.56 Å². The Labute approximate surface area is 161 Å². The Morgan fingerprint density at radius 3 is 2.58 bits per heavy atom. The third-order valence-corrected chi connectivity index (χ3v) is 6.56. The van der Waals surface area contributed by atoms with Crippen molar-refractivity contribution >= 4 is 45.0 Å². The Morgan fingerprint density at radius 2 is 1.92 bits per heavy atom. The van der Waals surface area contributed by atoms with Gasteiger partial charge in [0.05, 0.1) is 10.6 Å². The van der Waals surface area contributed by atoms with Crippen LogP contribution in [0.15, 0.2) is 47.4 Å². The maximum absolute atomic E-state index is 13.7. The van der Waals surface area contributed by atoms with Gasteiger partial charge in [0.2, 0.25) is 15.9 Å². The zero-order chi connectivity index (χ0) is 19.3. The highest BCUT2D eigenvalue weighted by molar-refractivity contribution is 7.99. The van der Waals surface area contributed by atoms with E-state index in [1.54, 1.807) is 18.2 Å². The molecule has 0 aliphatic rings.